The third kappa shape index (κ3) is 2.77. The number of hydrogen-bond acceptors (Lipinski definition) is 4. The molecule has 0 radical (unpaired) electrons. The van der Waals surface area contributed by atoms with Crippen LogP contribution in [-0.2, 0) is 0 Å². The van der Waals surface area contributed by atoms with Crippen LogP contribution in [0.3, 0.4) is 0 Å². The van der Waals surface area contributed by atoms with E-state index in [1.807, 2.05) is 6.92 Å². The van der Waals surface area contributed by atoms with Crippen molar-refractivity contribution in [3.63, 3.8) is 0 Å². The number of aromatic nitrogens is 1. The number of rotatable bonds is 5. The number of nitrogens with zero attached hydrogens (tertiary/aromatic N) is 2. The standard InChI is InChI=1S/C12H15N3O3/c1-9-2-3-11(10(8-16)14-9)18-7-6-15-5-4-13-12(15)17/h2-3,8H,4-7H2,1H3,(H,13,17). The molecule has 6 nitrogen and oxygen atoms in total. The summed E-state index contributed by atoms with van der Waals surface area (Å²) in [5.74, 6) is 0.454. The van der Waals surface area contributed by atoms with Gasteiger partial charge in [0.2, 0.25) is 0 Å². The number of carbonyl (C=O) groups excluding carboxylic acids is 2. The van der Waals surface area contributed by atoms with Gasteiger partial charge in [-0.05, 0) is 19.1 Å². The summed E-state index contributed by atoms with van der Waals surface area (Å²) < 4.78 is 5.48. The summed E-state index contributed by atoms with van der Waals surface area (Å²) in [5.41, 5.74) is 1.06. The summed E-state index contributed by atoms with van der Waals surface area (Å²) in [4.78, 5) is 27.8. The maximum atomic E-state index is 11.3. The SMILES string of the molecule is Cc1ccc(OCCN2CCNC2=O)c(C=O)n1. The molecule has 1 aliphatic rings. The van der Waals surface area contributed by atoms with Crippen LogP contribution in [0, 0.1) is 6.92 Å². The lowest BCUT2D eigenvalue weighted by atomic mass is 10.3. The van der Waals surface area contributed by atoms with Gasteiger partial charge in [-0.25, -0.2) is 9.78 Å². The molecule has 0 unspecified atom stereocenters. The highest BCUT2D eigenvalue weighted by Crippen LogP contribution is 2.14. The van der Waals surface area contributed by atoms with Crippen LogP contribution in [0.2, 0.25) is 0 Å². The second-order valence-corrected chi connectivity index (χ2v) is 4.02. The van der Waals surface area contributed by atoms with E-state index in [0.717, 1.165) is 5.69 Å². The van der Waals surface area contributed by atoms with E-state index in [9.17, 15) is 9.59 Å². The molecular formula is C12H15N3O3. The van der Waals surface area contributed by atoms with Crippen LogP contribution >= 0.6 is 0 Å². The van der Waals surface area contributed by atoms with Gasteiger partial charge in [0.05, 0.1) is 6.54 Å². The van der Waals surface area contributed by atoms with E-state index >= 15 is 0 Å². The fraction of sp³-hybridized carbons (Fsp3) is 0.417. The van der Waals surface area contributed by atoms with Crippen LogP contribution in [0.25, 0.3) is 0 Å². The molecule has 1 N–H and O–H groups in total. The molecule has 0 spiro atoms. The quantitative estimate of drug-likeness (QED) is 0.776. The van der Waals surface area contributed by atoms with Crippen molar-refractivity contribution in [2.75, 3.05) is 26.2 Å². The van der Waals surface area contributed by atoms with Gasteiger partial charge >= 0.3 is 6.03 Å². The van der Waals surface area contributed by atoms with Gasteiger partial charge < -0.3 is 15.0 Å². The lowest BCUT2D eigenvalue weighted by molar-refractivity contribution is 0.111. The lowest BCUT2D eigenvalue weighted by Crippen LogP contribution is -2.31. The molecule has 2 rings (SSSR count). The number of hydrogen-bond donors (Lipinski definition) is 1. The van der Waals surface area contributed by atoms with Crippen LogP contribution in [0.15, 0.2) is 12.1 Å². The van der Waals surface area contributed by atoms with Crippen molar-refractivity contribution < 1.29 is 14.3 Å². The topological polar surface area (TPSA) is 71.5 Å². The van der Waals surface area contributed by atoms with Gasteiger partial charge in [0, 0.05) is 18.8 Å². The first-order chi connectivity index (χ1) is 8.70. The number of aryl methyl sites for hydroxylation is 1. The zero-order valence-corrected chi connectivity index (χ0v) is 10.2. The molecule has 6 heteroatoms. The van der Waals surface area contributed by atoms with Gasteiger partial charge in [0.15, 0.2) is 6.29 Å². The van der Waals surface area contributed by atoms with E-state index in [4.69, 9.17) is 4.74 Å². The predicted octanol–water partition coefficient (Wildman–Crippen LogP) is 0.607. The van der Waals surface area contributed by atoms with Crippen molar-refractivity contribution in [3.8, 4) is 5.75 Å². The molecule has 0 aromatic carbocycles. The molecule has 96 valence electrons. The number of nitrogens with one attached hydrogen (secondary N) is 1. The van der Waals surface area contributed by atoms with E-state index < -0.39 is 0 Å². The number of aldehydes is 1. The summed E-state index contributed by atoms with van der Waals surface area (Å²) in [7, 11) is 0. The molecule has 1 aliphatic heterocycles. The van der Waals surface area contributed by atoms with Crippen molar-refractivity contribution in [1.29, 1.82) is 0 Å². The van der Waals surface area contributed by atoms with Crippen molar-refractivity contribution in [1.82, 2.24) is 15.2 Å². The zero-order chi connectivity index (χ0) is 13.0. The lowest BCUT2D eigenvalue weighted by Gasteiger charge is -2.15. The van der Waals surface area contributed by atoms with Gasteiger partial charge in [-0.3, -0.25) is 4.79 Å². The third-order valence-electron chi connectivity index (χ3n) is 2.70. The first-order valence-corrected chi connectivity index (χ1v) is 5.79. The minimum Gasteiger partial charge on any atom is -0.489 e. The number of pyridine rings is 1. The van der Waals surface area contributed by atoms with Crippen LogP contribution < -0.4 is 10.1 Å². The molecule has 0 bridgehead atoms. The normalized spacial score (nSPS) is 14.5. The van der Waals surface area contributed by atoms with Gasteiger partial charge in [0.25, 0.3) is 0 Å². The van der Waals surface area contributed by atoms with E-state index in [1.54, 1.807) is 17.0 Å². The molecule has 1 saturated heterocycles. The fourth-order valence-corrected chi connectivity index (χ4v) is 1.76. The minimum absolute atomic E-state index is 0.0729. The molecule has 0 atom stereocenters. The van der Waals surface area contributed by atoms with Crippen molar-refractivity contribution in [2.24, 2.45) is 0 Å². The van der Waals surface area contributed by atoms with Crippen molar-refractivity contribution in [2.45, 2.75) is 6.92 Å². The Morgan fingerprint density at radius 1 is 1.56 bits per heavy atom. The van der Waals surface area contributed by atoms with E-state index in [0.29, 0.717) is 44.0 Å². The number of ether oxygens (including phenoxy) is 1. The van der Waals surface area contributed by atoms with E-state index in [-0.39, 0.29) is 6.03 Å². The molecule has 0 saturated carbocycles. The van der Waals surface area contributed by atoms with Crippen LogP contribution in [0.5, 0.6) is 5.75 Å². The first-order valence-electron chi connectivity index (χ1n) is 5.79. The number of urea groups is 1. The average molecular weight is 249 g/mol. The maximum Gasteiger partial charge on any atom is 0.317 e. The molecule has 1 fully saturated rings. The monoisotopic (exact) mass is 249 g/mol. The highest BCUT2D eigenvalue weighted by atomic mass is 16.5. The predicted molar refractivity (Wildman–Crippen MR) is 64.8 cm³/mol. The van der Waals surface area contributed by atoms with Gasteiger partial charge in [-0.1, -0.05) is 0 Å². The molecule has 1 aromatic heterocycles. The molecule has 2 heterocycles. The molecule has 0 aliphatic carbocycles. The average Bonchev–Trinajstić information content (AvgIpc) is 2.77. The molecule has 18 heavy (non-hydrogen) atoms. The fourth-order valence-electron chi connectivity index (χ4n) is 1.76. The number of amides is 2. The maximum absolute atomic E-state index is 11.3. The summed E-state index contributed by atoms with van der Waals surface area (Å²) >= 11 is 0. The third-order valence-corrected chi connectivity index (χ3v) is 2.70. The Kier molecular flexibility index (Phi) is 3.76. The molecule has 1 aromatic rings. The summed E-state index contributed by atoms with van der Waals surface area (Å²) in [6.45, 7) is 4.02. The van der Waals surface area contributed by atoms with Crippen LogP contribution in [-0.4, -0.2) is 48.4 Å². The summed E-state index contributed by atoms with van der Waals surface area (Å²) in [5, 5.41) is 2.71. The van der Waals surface area contributed by atoms with E-state index in [1.165, 1.54) is 0 Å². The molecule has 2 amide bonds. The zero-order valence-electron chi connectivity index (χ0n) is 10.2. The second-order valence-electron chi connectivity index (χ2n) is 4.02. The minimum atomic E-state index is -0.0729. The summed E-state index contributed by atoms with van der Waals surface area (Å²) in [6.07, 6.45) is 0.672. The largest absolute Gasteiger partial charge is 0.489 e. The Labute approximate surface area is 105 Å². The Bertz CT molecular complexity index is 462. The Balaban J connectivity index is 1.90. The molecular weight excluding hydrogens is 234 g/mol. The van der Waals surface area contributed by atoms with Crippen LogP contribution in [0.4, 0.5) is 4.79 Å². The van der Waals surface area contributed by atoms with Gasteiger partial charge in [-0.2, -0.15) is 0 Å². The number of carbonyl (C=O) groups is 2. The Hall–Kier alpha value is -2.11. The van der Waals surface area contributed by atoms with Crippen molar-refractivity contribution in [3.05, 3.63) is 23.5 Å². The van der Waals surface area contributed by atoms with E-state index in [2.05, 4.69) is 10.3 Å². The Morgan fingerprint density at radius 3 is 3.06 bits per heavy atom. The summed E-state index contributed by atoms with van der Waals surface area (Å²) in [6, 6.07) is 3.43. The first kappa shape index (κ1) is 12.3. The smallest absolute Gasteiger partial charge is 0.317 e. The highest BCUT2D eigenvalue weighted by Gasteiger charge is 2.18. The second kappa shape index (κ2) is 5.48. The van der Waals surface area contributed by atoms with Crippen LogP contribution in [0.1, 0.15) is 16.2 Å². The van der Waals surface area contributed by atoms with Gasteiger partial charge in [-0.15, -0.1) is 0 Å². The van der Waals surface area contributed by atoms with Gasteiger partial charge in [0.1, 0.15) is 18.1 Å². The Morgan fingerprint density at radius 2 is 2.39 bits per heavy atom. The van der Waals surface area contributed by atoms with Crippen molar-refractivity contribution >= 4 is 12.3 Å². The highest BCUT2D eigenvalue weighted by molar-refractivity contribution is 5.76.